The van der Waals surface area contributed by atoms with Gasteiger partial charge in [0.15, 0.2) is 11.8 Å². The fourth-order valence-electron chi connectivity index (χ4n) is 1.90. The standard InChI is InChI=1S/C14H20N6S.HI/c1-10-18-19-13(20(10)2)9-16-14(17-11-5-6-11)15-8-12-4-3-7-21-12;/h3-4,7,11H,5-6,8-9H2,1-2H3,(H2,15,16,17);1H. The minimum absolute atomic E-state index is 0. The zero-order valence-corrected chi connectivity index (χ0v) is 15.9. The van der Waals surface area contributed by atoms with Crippen LogP contribution >= 0.6 is 35.3 Å². The SMILES string of the molecule is Cc1nnc(CN=C(NCc2cccs2)NC2CC2)n1C.I. The summed E-state index contributed by atoms with van der Waals surface area (Å²) in [5.41, 5.74) is 0. The molecule has 1 saturated carbocycles. The number of halogens is 1. The van der Waals surface area contributed by atoms with Gasteiger partial charge >= 0.3 is 0 Å². The second-order valence-electron chi connectivity index (χ2n) is 5.24. The van der Waals surface area contributed by atoms with Gasteiger partial charge in [0, 0.05) is 18.0 Å². The van der Waals surface area contributed by atoms with Crippen molar-refractivity contribution in [2.45, 2.75) is 38.9 Å². The van der Waals surface area contributed by atoms with Crippen molar-refractivity contribution >= 4 is 41.3 Å². The van der Waals surface area contributed by atoms with E-state index in [2.05, 4.69) is 43.3 Å². The number of hydrogen-bond donors (Lipinski definition) is 2. The summed E-state index contributed by atoms with van der Waals surface area (Å²) in [7, 11) is 1.97. The molecule has 3 rings (SSSR count). The summed E-state index contributed by atoms with van der Waals surface area (Å²) in [6.07, 6.45) is 2.45. The molecule has 0 amide bonds. The van der Waals surface area contributed by atoms with Crippen molar-refractivity contribution in [3.63, 3.8) is 0 Å². The van der Waals surface area contributed by atoms with Crippen molar-refractivity contribution in [3.05, 3.63) is 34.0 Å². The lowest BCUT2D eigenvalue weighted by Gasteiger charge is -2.11. The molecule has 1 fully saturated rings. The highest BCUT2D eigenvalue weighted by Crippen LogP contribution is 2.18. The lowest BCUT2D eigenvalue weighted by atomic mass is 10.4. The van der Waals surface area contributed by atoms with Crippen LogP contribution < -0.4 is 10.6 Å². The normalized spacial score (nSPS) is 14.5. The van der Waals surface area contributed by atoms with E-state index < -0.39 is 0 Å². The molecule has 1 aliphatic carbocycles. The summed E-state index contributed by atoms with van der Waals surface area (Å²) < 4.78 is 1.97. The smallest absolute Gasteiger partial charge is 0.192 e. The first kappa shape index (κ1) is 17.2. The molecule has 0 aliphatic heterocycles. The molecule has 1 aliphatic rings. The predicted molar refractivity (Wildman–Crippen MR) is 99.6 cm³/mol. The Balaban J connectivity index is 0.00000176. The van der Waals surface area contributed by atoms with Crippen LogP contribution in [-0.2, 0) is 20.1 Å². The van der Waals surface area contributed by atoms with Crippen molar-refractivity contribution < 1.29 is 0 Å². The number of nitrogens with zero attached hydrogens (tertiary/aromatic N) is 4. The molecule has 6 nitrogen and oxygen atoms in total. The molecule has 120 valence electrons. The maximum absolute atomic E-state index is 4.62. The Hall–Kier alpha value is -1.16. The average molecular weight is 432 g/mol. The van der Waals surface area contributed by atoms with Crippen LogP contribution in [-0.4, -0.2) is 26.8 Å². The lowest BCUT2D eigenvalue weighted by molar-refractivity contribution is 0.751. The van der Waals surface area contributed by atoms with Gasteiger partial charge in [0.1, 0.15) is 12.4 Å². The Morgan fingerprint density at radius 1 is 1.45 bits per heavy atom. The maximum Gasteiger partial charge on any atom is 0.192 e. The quantitative estimate of drug-likeness (QED) is 0.432. The first-order valence-corrected chi connectivity index (χ1v) is 8.02. The minimum atomic E-state index is 0. The van der Waals surface area contributed by atoms with Gasteiger partial charge in [-0.2, -0.15) is 0 Å². The van der Waals surface area contributed by atoms with E-state index in [1.807, 2.05) is 18.5 Å². The summed E-state index contributed by atoms with van der Waals surface area (Å²) in [5.74, 6) is 2.63. The third-order valence-electron chi connectivity index (χ3n) is 3.49. The van der Waals surface area contributed by atoms with E-state index in [-0.39, 0.29) is 24.0 Å². The topological polar surface area (TPSA) is 67.1 Å². The van der Waals surface area contributed by atoms with Crippen molar-refractivity contribution in [1.29, 1.82) is 0 Å². The van der Waals surface area contributed by atoms with E-state index in [9.17, 15) is 0 Å². The number of nitrogens with one attached hydrogen (secondary N) is 2. The van der Waals surface area contributed by atoms with Crippen molar-refractivity contribution in [2.75, 3.05) is 0 Å². The summed E-state index contributed by atoms with van der Waals surface area (Å²) in [6, 6.07) is 4.76. The first-order valence-electron chi connectivity index (χ1n) is 7.14. The van der Waals surface area contributed by atoms with Gasteiger partial charge in [-0.15, -0.1) is 45.5 Å². The molecule has 2 aromatic heterocycles. The number of aliphatic imine (C=N–C) groups is 1. The van der Waals surface area contributed by atoms with Crippen LogP contribution in [0.5, 0.6) is 0 Å². The number of rotatable bonds is 5. The van der Waals surface area contributed by atoms with Crippen LogP contribution in [0.1, 0.15) is 29.4 Å². The molecule has 0 saturated heterocycles. The van der Waals surface area contributed by atoms with Crippen molar-refractivity contribution in [1.82, 2.24) is 25.4 Å². The van der Waals surface area contributed by atoms with Crippen LogP contribution in [0.15, 0.2) is 22.5 Å². The van der Waals surface area contributed by atoms with E-state index in [1.165, 1.54) is 17.7 Å². The minimum Gasteiger partial charge on any atom is -0.354 e. The van der Waals surface area contributed by atoms with Gasteiger partial charge < -0.3 is 15.2 Å². The van der Waals surface area contributed by atoms with Crippen LogP contribution in [0.3, 0.4) is 0 Å². The molecular formula is C14H21IN6S. The fourth-order valence-corrected chi connectivity index (χ4v) is 2.54. The molecule has 0 unspecified atom stereocenters. The number of hydrogen-bond acceptors (Lipinski definition) is 4. The highest BCUT2D eigenvalue weighted by Gasteiger charge is 2.22. The van der Waals surface area contributed by atoms with Crippen LogP contribution in [0.25, 0.3) is 0 Å². The fraction of sp³-hybridized carbons (Fsp3) is 0.500. The molecule has 0 bridgehead atoms. The molecule has 2 aromatic rings. The number of guanidine groups is 1. The molecule has 8 heteroatoms. The van der Waals surface area contributed by atoms with Gasteiger partial charge in [0.05, 0.1) is 6.54 Å². The van der Waals surface area contributed by atoms with E-state index in [0.717, 1.165) is 24.2 Å². The molecular weight excluding hydrogens is 411 g/mol. The third kappa shape index (κ3) is 4.67. The van der Waals surface area contributed by atoms with Gasteiger partial charge in [0.25, 0.3) is 0 Å². The van der Waals surface area contributed by atoms with Crippen LogP contribution in [0, 0.1) is 6.92 Å². The highest BCUT2D eigenvalue weighted by atomic mass is 127. The Morgan fingerprint density at radius 2 is 2.27 bits per heavy atom. The Kier molecular flexibility index (Phi) is 6.18. The largest absolute Gasteiger partial charge is 0.354 e. The molecule has 2 heterocycles. The number of aromatic nitrogens is 3. The van der Waals surface area contributed by atoms with Gasteiger partial charge in [-0.05, 0) is 31.2 Å². The zero-order chi connectivity index (χ0) is 14.7. The summed E-state index contributed by atoms with van der Waals surface area (Å²) in [6.45, 7) is 3.27. The molecule has 0 spiro atoms. The highest BCUT2D eigenvalue weighted by molar-refractivity contribution is 14.0. The molecule has 0 atom stereocenters. The van der Waals surface area contributed by atoms with Crippen molar-refractivity contribution in [2.24, 2.45) is 12.0 Å². The van der Waals surface area contributed by atoms with Crippen LogP contribution in [0.2, 0.25) is 0 Å². The Bertz CT molecular complexity index is 617. The lowest BCUT2D eigenvalue weighted by Crippen LogP contribution is -2.38. The van der Waals surface area contributed by atoms with Gasteiger partial charge in [0.2, 0.25) is 0 Å². The monoisotopic (exact) mass is 432 g/mol. The van der Waals surface area contributed by atoms with Gasteiger partial charge in [-0.1, -0.05) is 6.07 Å². The third-order valence-corrected chi connectivity index (χ3v) is 4.37. The van der Waals surface area contributed by atoms with E-state index in [4.69, 9.17) is 0 Å². The number of thiophene rings is 1. The Labute approximate surface area is 151 Å². The average Bonchev–Trinajstić information content (AvgIpc) is 3.03. The summed E-state index contributed by atoms with van der Waals surface area (Å²) in [4.78, 5) is 5.92. The van der Waals surface area contributed by atoms with Gasteiger partial charge in [-0.25, -0.2) is 4.99 Å². The second kappa shape index (κ2) is 7.91. The van der Waals surface area contributed by atoms with Crippen LogP contribution in [0.4, 0.5) is 0 Å². The molecule has 22 heavy (non-hydrogen) atoms. The molecule has 0 aromatic carbocycles. The first-order chi connectivity index (χ1) is 10.2. The van der Waals surface area contributed by atoms with Crippen molar-refractivity contribution in [3.8, 4) is 0 Å². The Morgan fingerprint density at radius 3 is 2.86 bits per heavy atom. The number of aryl methyl sites for hydroxylation is 1. The molecule has 0 radical (unpaired) electrons. The van der Waals surface area contributed by atoms with E-state index in [1.54, 1.807) is 11.3 Å². The van der Waals surface area contributed by atoms with E-state index in [0.29, 0.717) is 12.6 Å². The maximum atomic E-state index is 4.62. The summed E-state index contributed by atoms with van der Waals surface area (Å²) in [5, 5.41) is 17.1. The zero-order valence-electron chi connectivity index (χ0n) is 12.7. The van der Waals surface area contributed by atoms with E-state index >= 15 is 0 Å². The predicted octanol–water partition coefficient (Wildman–Crippen LogP) is 2.20. The second-order valence-corrected chi connectivity index (χ2v) is 6.27. The summed E-state index contributed by atoms with van der Waals surface area (Å²) >= 11 is 1.75. The molecule has 2 N–H and O–H groups in total. The van der Waals surface area contributed by atoms with Gasteiger partial charge in [-0.3, -0.25) is 0 Å².